The van der Waals surface area contributed by atoms with E-state index >= 15 is 0 Å². The monoisotopic (exact) mass is 619 g/mol. The SMILES string of the molecule is CCCC(O)c1cnc2c(c1)N(C(=O)CN1C[C@@H](C)N(C(=O)OC(C)(C)C)CC1CCN1Cc3ccccc3C1=O)CC2(C)C. The van der Waals surface area contributed by atoms with Gasteiger partial charge in [0, 0.05) is 67.5 Å². The van der Waals surface area contributed by atoms with Gasteiger partial charge in [0.1, 0.15) is 5.60 Å². The molecule has 45 heavy (non-hydrogen) atoms. The number of aliphatic hydroxyl groups excluding tert-OH is 1. The maximum absolute atomic E-state index is 14.1. The lowest BCUT2D eigenvalue weighted by Gasteiger charge is -2.45. The molecule has 2 unspecified atom stereocenters. The molecule has 10 nitrogen and oxygen atoms in total. The molecule has 0 bridgehead atoms. The number of fused-ring (bicyclic) bond motifs is 2. The molecule has 0 saturated carbocycles. The van der Waals surface area contributed by atoms with E-state index < -0.39 is 11.7 Å². The molecule has 4 heterocycles. The van der Waals surface area contributed by atoms with Gasteiger partial charge in [-0.25, -0.2) is 4.79 Å². The van der Waals surface area contributed by atoms with Crippen molar-refractivity contribution in [2.45, 2.75) is 103 Å². The van der Waals surface area contributed by atoms with E-state index in [4.69, 9.17) is 9.72 Å². The van der Waals surface area contributed by atoms with Crippen LogP contribution in [0.4, 0.5) is 10.5 Å². The largest absolute Gasteiger partial charge is 0.444 e. The molecule has 3 aliphatic rings. The molecule has 0 aliphatic carbocycles. The fourth-order valence-electron chi connectivity index (χ4n) is 6.81. The number of nitrogens with zero attached hydrogens (tertiary/aromatic N) is 5. The highest BCUT2D eigenvalue weighted by Gasteiger charge is 2.42. The van der Waals surface area contributed by atoms with Crippen LogP contribution in [0, 0.1) is 0 Å². The Bertz CT molecular complexity index is 1440. The molecule has 1 saturated heterocycles. The average molecular weight is 620 g/mol. The first-order valence-electron chi connectivity index (χ1n) is 16.3. The highest BCUT2D eigenvalue weighted by Crippen LogP contribution is 2.40. The van der Waals surface area contributed by atoms with Crippen molar-refractivity contribution in [1.82, 2.24) is 19.7 Å². The van der Waals surface area contributed by atoms with Gasteiger partial charge in [-0.1, -0.05) is 45.4 Å². The standard InChI is InChI=1S/C35H49N5O5/c1-8-11-29(41)25-16-28-31(36-17-25)35(6,7)22-40(28)30(42)21-38-18-23(2)39(33(44)45-34(3,4)5)20-26(38)14-15-37-19-24-12-9-10-13-27(24)32(37)43/h9-10,12-13,16-17,23,26,29,41H,8,11,14-15,18-22H2,1-7H3/t23-,26?,29?/m1/s1. The number of ether oxygens (including phenoxy) is 1. The number of hydrogen-bond acceptors (Lipinski definition) is 7. The highest BCUT2D eigenvalue weighted by atomic mass is 16.6. The molecule has 3 amide bonds. The summed E-state index contributed by atoms with van der Waals surface area (Å²) in [5, 5.41) is 10.7. The Morgan fingerprint density at radius 2 is 1.91 bits per heavy atom. The number of aromatic nitrogens is 1. The van der Waals surface area contributed by atoms with Crippen molar-refractivity contribution in [3.63, 3.8) is 0 Å². The number of carbonyl (C=O) groups is 3. The molecule has 10 heteroatoms. The Hall–Kier alpha value is -3.50. The fraction of sp³-hybridized carbons (Fsp3) is 0.600. The summed E-state index contributed by atoms with van der Waals surface area (Å²) in [6.45, 7) is 16.4. The summed E-state index contributed by atoms with van der Waals surface area (Å²) in [7, 11) is 0. The Labute approximate surface area is 267 Å². The van der Waals surface area contributed by atoms with Crippen molar-refractivity contribution < 1.29 is 24.2 Å². The second kappa shape index (κ2) is 12.7. The minimum Gasteiger partial charge on any atom is -0.444 e. The molecule has 1 aromatic heterocycles. The molecule has 1 aromatic carbocycles. The Morgan fingerprint density at radius 1 is 1.18 bits per heavy atom. The quantitative estimate of drug-likeness (QED) is 0.448. The summed E-state index contributed by atoms with van der Waals surface area (Å²) in [4.78, 5) is 52.8. The third-order valence-corrected chi connectivity index (χ3v) is 9.17. The maximum atomic E-state index is 14.1. The number of pyridine rings is 1. The van der Waals surface area contributed by atoms with E-state index in [1.54, 1.807) is 11.1 Å². The fourth-order valence-corrected chi connectivity index (χ4v) is 6.81. The number of benzene rings is 1. The number of piperazine rings is 1. The predicted molar refractivity (Wildman–Crippen MR) is 173 cm³/mol. The normalized spacial score (nSPS) is 22.0. The molecule has 0 radical (unpaired) electrons. The van der Waals surface area contributed by atoms with Gasteiger partial charge in [0.2, 0.25) is 5.91 Å². The average Bonchev–Trinajstić information content (AvgIpc) is 3.44. The van der Waals surface area contributed by atoms with Gasteiger partial charge in [0.05, 0.1) is 24.0 Å². The lowest BCUT2D eigenvalue weighted by Crippen LogP contribution is -2.61. The number of carbonyl (C=O) groups excluding carboxylic acids is 3. The van der Waals surface area contributed by atoms with Gasteiger partial charge >= 0.3 is 6.09 Å². The van der Waals surface area contributed by atoms with Crippen LogP contribution in [0.15, 0.2) is 36.5 Å². The summed E-state index contributed by atoms with van der Waals surface area (Å²) in [6, 6.07) is 9.29. The van der Waals surface area contributed by atoms with Crippen LogP contribution in [0.2, 0.25) is 0 Å². The molecule has 0 spiro atoms. The van der Waals surface area contributed by atoms with E-state index in [1.807, 2.05) is 74.8 Å². The van der Waals surface area contributed by atoms with Crippen LogP contribution in [-0.4, -0.2) is 93.1 Å². The highest BCUT2D eigenvalue weighted by molar-refractivity contribution is 5.98. The first-order chi connectivity index (χ1) is 21.2. The second-order valence-electron chi connectivity index (χ2n) is 14.5. The molecular formula is C35H49N5O5. The van der Waals surface area contributed by atoms with Crippen molar-refractivity contribution in [2.75, 3.05) is 37.6 Å². The first-order valence-corrected chi connectivity index (χ1v) is 16.3. The molecular weight excluding hydrogens is 570 g/mol. The number of hydrogen-bond donors (Lipinski definition) is 1. The molecule has 244 valence electrons. The summed E-state index contributed by atoms with van der Waals surface area (Å²) in [6.07, 6.45) is 2.82. The smallest absolute Gasteiger partial charge is 0.410 e. The first kappa shape index (κ1) is 32.9. The second-order valence-corrected chi connectivity index (χ2v) is 14.5. The van der Waals surface area contributed by atoms with Gasteiger partial charge in [0.15, 0.2) is 0 Å². The van der Waals surface area contributed by atoms with Gasteiger partial charge in [-0.2, -0.15) is 0 Å². The van der Waals surface area contributed by atoms with E-state index in [0.29, 0.717) is 45.6 Å². The third kappa shape index (κ3) is 7.02. The van der Waals surface area contributed by atoms with Crippen LogP contribution in [0.25, 0.3) is 0 Å². The van der Waals surface area contributed by atoms with E-state index in [0.717, 1.165) is 34.5 Å². The summed E-state index contributed by atoms with van der Waals surface area (Å²) in [5.74, 6) is -0.0239. The van der Waals surface area contributed by atoms with Crippen molar-refractivity contribution >= 4 is 23.6 Å². The van der Waals surface area contributed by atoms with Crippen LogP contribution in [-0.2, 0) is 21.5 Å². The van der Waals surface area contributed by atoms with Crippen molar-refractivity contribution in [3.8, 4) is 0 Å². The molecule has 3 aliphatic heterocycles. The van der Waals surface area contributed by atoms with Crippen LogP contribution >= 0.6 is 0 Å². The van der Waals surface area contributed by atoms with Crippen LogP contribution in [0.1, 0.15) is 101 Å². The van der Waals surface area contributed by atoms with E-state index in [1.165, 1.54) is 0 Å². The summed E-state index contributed by atoms with van der Waals surface area (Å²) in [5.41, 5.74) is 3.15. The van der Waals surface area contributed by atoms with Crippen molar-refractivity contribution in [3.05, 3.63) is 58.9 Å². The van der Waals surface area contributed by atoms with Gasteiger partial charge in [-0.05, 0) is 58.2 Å². The number of amides is 3. The number of rotatable bonds is 8. The minimum absolute atomic E-state index is 0.0193. The van der Waals surface area contributed by atoms with Crippen molar-refractivity contribution in [1.29, 1.82) is 0 Å². The third-order valence-electron chi connectivity index (χ3n) is 9.17. The van der Waals surface area contributed by atoms with Crippen molar-refractivity contribution in [2.24, 2.45) is 0 Å². The Kier molecular flexibility index (Phi) is 9.29. The van der Waals surface area contributed by atoms with Crippen LogP contribution in [0.3, 0.4) is 0 Å². The molecule has 2 aromatic rings. The Balaban J connectivity index is 1.35. The molecule has 5 rings (SSSR count). The van der Waals surface area contributed by atoms with Crippen LogP contribution in [0.5, 0.6) is 0 Å². The van der Waals surface area contributed by atoms with E-state index in [-0.39, 0.29) is 42.0 Å². The minimum atomic E-state index is -0.626. The van der Waals surface area contributed by atoms with Gasteiger partial charge in [-0.15, -0.1) is 0 Å². The van der Waals surface area contributed by atoms with E-state index in [9.17, 15) is 19.5 Å². The lowest BCUT2D eigenvalue weighted by atomic mass is 9.91. The molecule has 1 N–H and O–H groups in total. The number of anilines is 1. The Morgan fingerprint density at radius 3 is 2.60 bits per heavy atom. The zero-order valence-corrected chi connectivity index (χ0v) is 27.9. The summed E-state index contributed by atoms with van der Waals surface area (Å²) < 4.78 is 5.74. The lowest BCUT2D eigenvalue weighted by molar-refractivity contribution is -0.121. The maximum Gasteiger partial charge on any atom is 0.410 e. The van der Waals surface area contributed by atoms with E-state index in [2.05, 4.69) is 18.7 Å². The zero-order valence-electron chi connectivity index (χ0n) is 27.9. The predicted octanol–water partition coefficient (Wildman–Crippen LogP) is 4.90. The molecule has 1 fully saturated rings. The van der Waals surface area contributed by atoms with Gasteiger partial charge < -0.3 is 24.5 Å². The van der Waals surface area contributed by atoms with Crippen LogP contribution < -0.4 is 4.90 Å². The summed E-state index contributed by atoms with van der Waals surface area (Å²) >= 11 is 0. The van der Waals surface area contributed by atoms with Gasteiger partial charge in [0.25, 0.3) is 5.91 Å². The zero-order chi connectivity index (χ0) is 32.7. The number of aliphatic hydroxyl groups is 1. The molecule has 3 atom stereocenters. The van der Waals surface area contributed by atoms with Gasteiger partial charge in [-0.3, -0.25) is 19.5 Å². The topological polar surface area (TPSA) is 107 Å².